The van der Waals surface area contributed by atoms with Gasteiger partial charge in [-0.25, -0.2) is 0 Å². The number of nitrogens with one attached hydrogen (secondary N) is 1. The van der Waals surface area contributed by atoms with Crippen molar-refractivity contribution >= 4 is 5.91 Å². The molecule has 0 bridgehead atoms. The van der Waals surface area contributed by atoms with Crippen molar-refractivity contribution in [3.05, 3.63) is 12.2 Å². The maximum Gasteiger partial charge on any atom is 0.246 e. The summed E-state index contributed by atoms with van der Waals surface area (Å²) >= 11 is 0. The molecule has 0 saturated heterocycles. The highest BCUT2D eigenvalue weighted by molar-refractivity contribution is 5.91. The maximum atomic E-state index is 10.8. The summed E-state index contributed by atoms with van der Waals surface area (Å²) in [7, 11) is 0. The number of ether oxygens (including phenoxy) is 1. The van der Waals surface area contributed by atoms with Gasteiger partial charge < -0.3 is 10.1 Å². The molecule has 0 aromatic rings. The SMILES string of the molecule is CCOC1(CC)C=CC(=O)N1. The predicted octanol–water partition coefficient (Wildman–Crippen LogP) is 0.815. The topological polar surface area (TPSA) is 38.3 Å². The van der Waals surface area contributed by atoms with Gasteiger partial charge in [0.15, 0.2) is 5.72 Å². The van der Waals surface area contributed by atoms with Crippen molar-refractivity contribution in [1.82, 2.24) is 5.32 Å². The molecule has 62 valence electrons. The molecule has 1 N–H and O–H groups in total. The van der Waals surface area contributed by atoms with Crippen molar-refractivity contribution < 1.29 is 9.53 Å². The average molecular weight is 155 g/mol. The van der Waals surface area contributed by atoms with Gasteiger partial charge in [-0.3, -0.25) is 4.79 Å². The van der Waals surface area contributed by atoms with Gasteiger partial charge in [-0.1, -0.05) is 6.92 Å². The third kappa shape index (κ3) is 1.60. The van der Waals surface area contributed by atoms with E-state index < -0.39 is 5.72 Å². The van der Waals surface area contributed by atoms with Crippen molar-refractivity contribution in [2.75, 3.05) is 6.61 Å². The zero-order valence-corrected chi connectivity index (χ0v) is 6.89. The van der Waals surface area contributed by atoms with Crippen LogP contribution in [0.25, 0.3) is 0 Å². The first-order valence-electron chi connectivity index (χ1n) is 3.88. The second-order valence-electron chi connectivity index (χ2n) is 2.50. The number of amides is 1. The van der Waals surface area contributed by atoms with Crippen molar-refractivity contribution in [3.63, 3.8) is 0 Å². The van der Waals surface area contributed by atoms with Gasteiger partial charge in [0.1, 0.15) is 0 Å². The van der Waals surface area contributed by atoms with Crippen molar-refractivity contribution in [1.29, 1.82) is 0 Å². The van der Waals surface area contributed by atoms with E-state index in [0.717, 1.165) is 6.42 Å². The molecule has 1 unspecified atom stereocenters. The molecule has 1 aliphatic heterocycles. The molecule has 0 aromatic heterocycles. The van der Waals surface area contributed by atoms with Crippen LogP contribution < -0.4 is 5.32 Å². The monoisotopic (exact) mass is 155 g/mol. The van der Waals surface area contributed by atoms with Crippen LogP contribution in [0.4, 0.5) is 0 Å². The second-order valence-corrected chi connectivity index (χ2v) is 2.50. The van der Waals surface area contributed by atoms with Crippen LogP contribution in [0.3, 0.4) is 0 Å². The normalized spacial score (nSPS) is 29.1. The smallest absolute Gasteiger partial charge is 0.246 e. The van der Waals surface area contributed by atoms with Crippen LogP contribution in [0.2, 0.25) is 0 Å². The maximum absolute atomic E-state index is 10.8. The summed E-state index contributed by atoms with van der Waals surface area (Å²) in [5.41, 5.74) is -0.522. The fraction of sp³-hybridized carbons (Fsp3) is 0.625. The molecule has 1 aliphatic rings. The third-order valence-electron chi connectivity index (χ3n) is 1.77. The average Bonchev–Trinajstić information content (AvgIpc) is 2.34. The van der Waals surface area contributed by atoms with Gasteiger partial charge >= 0.3 is 0 Å². The summed E-state index contributed by atoms with van der Waals surface area (Å²) in [6.45, 7) is 4.50. The Balaban J connectivity index is 2.63. The van der Waals surface area contributed by atoms with Crippen LogP contribution in [0.15, 0.2) is 12.2 Å². The molecule has 0 saturated carbocycles. The Labute approximate surface area is 66.4 Å². The second kappa shape index (κ2) is 3.05. The molecule has 1 rings (SSSR count). The zero-order chi connectivity index (χ0) is 8.32. The summed E-state index contributed by atoms with van der Waals surface area (Å²) < 4.78 is 5.39. The summed E-state index contributed by atoms with van der Waals surface area (Å²) in [6, 6.07) is 0. The molecule has 1 atom stereocenters. The van der Waals surface area contributed by atoms with E-state index in [1.165, 1.54) is 6.08 Å². The minimum Gasteiger partial charge on any atom is -0.352 e. The lowest BCUT2D eigenvalue weighted by molar-refractivity contribution is -0.122. The highest BCUT2D eigenvalue weighted by atomic mass is 16.5. The number of carbonyl (C=O) groups is 1. The van der Waals surface area contributed by atoms with E-state index in [2.05, 4.69) is 5.32 Å². The number of rotatable bonds is 3. The molecular weight excluding hydrogens is 142 g/mol. The first-order valence-corrected chi connectivity index (χ1v) is 3.88. The van der Waals surface area contributed by atoms with E-state index in [1.807, 2.05) is 13.8 Å². The summed E-state index contributed by atoms with van der Waals surface area (Å²) in [5, 5.41) is 2.75. The molecule has 3 nitrogen and oxygen atoms in total. The van der Waals surface area contributed by atoms with Gasteiger partial charge in [0, 0.05) is 12.7 Å². The lowest BCUT2D eigenvalue weighted by Gasteiger charge is -2.25. The molecule has 0 aliphatic carbocycles. The highest BCUT2D eigenvalue weighted by Crippen LogP contribution is 2.18. The van der Waals surface area contributed by atoms with Crippen LogP contribution >= 0.6 is 0 Å². The number of hydrogen-bond acceptors (Lipinski definition) is 2. The first kappa shape index (κ1) is 8.27. The van der Waals surface area contributed by atoms with Crippen LogP contribution in [-0.4, -0.2) is 18.2 Å². The Morgan fingerprint density at radius 1 is 1.64 bits per heavy atom. The Bertz CT molecular complexity index is 189. The minimum atomic E-state index is -0.522. The van der Waals surface area contributed by atoms with Crippen LogP contribution in [0, 0.1) is 0 Å². The molecule has 0 fully saturated rings. The standard InChI is InChI=1S/C8H13NO2/c1-3-8(11-4-2)6-5-7(10)9-8/h5-6H,3-4H2,1-2H3,(H,9,10). The van der Waals surface area contributed by atoms with Crippen molar-refractivity contribution in [3.8, 4) is 0 Å². The summed E-state index contributed by atoms with van der Waals surface area (Å²) in [6.07, 6.45) is 4.06. The van der Waals surface area contributed by atoms with E-state index in [9.17, 15) is 4.79 Å². The Kier molecular flexibility index (Phi) is 2.29. The van der Waals surface area contributed by atoms with E-state index in [1.54, 1.807) is 6.08 Å². The van der Waals surface area contributed by atoms with Crippen LogP contribution in [0.5, 0.6) is 0 Å². The van der Waals surface area contributed by atoms with E-state index in [0.29, 0.717) is 6.61 Å². The third-order valence-corrected chi connectivity index (χ3v) is 1.77. The lowest BCUT2D eigenvalue weighted by atomic mass is 10.2. The van der Waals surface area contributed by atoms with Gasteiger partial charge in [0.2, 0.25) is 5.91 Å². The summed E-state index contributed by atoms with van der Waals surface area (Å²) in [4.78, 5) is 10.8. The Hall–Kier alpha value is -0.830. The number of hydrogen-bond donors (Lipinski definition) is 1. The molecular formula is C8H13NO2. The molecule has 1 amide bonds. The fourth-order valence-corrected chi connectivity index (χ4v) is 1.15. The molecule has 11 heavy (non-hydrogen) atoms. The van der Waals surface area contributed by atoms with Crippen molar-refractivity contribution in [2.45, 2.75) is 26.0 Å². The molecule has 0 aromatic carbocycles. The Morgan fingerprint density at radius 3 is 2.73 bits per heavy atom. The predicted molar refractivity (Wildman–Crippen MR) is 41.9 cm³/mol. The number of carbonyl (C=O) groups excluding carboxylic acids is 1. The lowest BCUT2D eigenvalue weighted by Crippen LogP contribution is -2.43. The highest BCUT2D eigenvalue weighted by Gasteiger charge is 2.31. The van der Waals surface area contributed by atoms with E-state index >= 15 is 0 Å². The van der Waals surface area contributed by atoms with Gasteiger partial charge in [-0.15, -0.1) is 0 Å². The molecule has 3 heteroatoms. The minimum absolute atomic E-state index is 0.0692. The first-order chi connectivity index (χ1) is 5.22. The van der Waals surface area contributed by atoms with Gasteiger partial charge in [0.25, 0.3) is 0 Å². The van der Waals surface area contributed by atoms with Crippen LogP contribution in [-0.2, 0) is 9.53 Å². The van der Waals surface area contributed by atoms with Crippen LogP contribution in [0.1, 0.15) is 20.3 Å². The molecule has 1 heterocycles. The van der Waals surface area contributed by atoms with Gasteiger partial charge in [-0.05, 0) is 19.4 Å². The van der Waals surface area contributed by atoms with E-state index in [4.69, 9.17) is 4.74 Å². The summed E-state index contributed by atoms with van der Waals surface area (Å²) in [5.74, 6) is -0.0692. The van der Waals surface area contributed by atoms with Gasteiger partial charge in [0.05, 0.1) is 0 Å². The Morgan fingerprint density at radius 2 is 2.36 bits per heavy atom. The molecule has 0 spiro atoms. The largest absolute Gasteiger partial charge is 0.352 e. The molecule has 0 radical (unpaired) electrons. The van der Waals surface area contributed by atoms with Gasteiger partial charge in [-0.2, -0.15) is 0 Å². The fourth-order valence-electron chi connectivity index (χ4n) is 1.15. The van der Waals surface area contributed by atoms with Crippen molar-refractivity contribution in [2.24, 2.45) is 0 Å². The van der Waals surface area contributed by atoms with E-state index in [-0.39, 0.29) is 5.91 Å². The zero-order valence-electron chi connectivity index (χ0n) is 6.89. The quantitative estimate of drug-likeness (QED) is 0.655.